The maximum atomic E-state index is 12.4. The lowest BCUT2D eigenvalue weighted by molar-refractivity contribution is -0.137. The zero-order valence-electron chi connectivity index (χ0n) is 11.4. The number of hydrogen-bond donors (Lipinski definition) is 1. The molecule has 0 spiro atoms. The number of halogens is 3. The summed E-state index contributed by atoms with van der Waals surface area (Å²) in [6, 6.07) is 4.32. The number of alkyl halides is 3. The average Bonchev–Trinajstić information content (AvgIpc) is 2.73. The van der Waals surface area contributed by atoms with Gasteiger partial charge in [0.1, 0.15) is 5.75 Å². The first kappa shape index (κ1) is 15.6. The van der Waals surface area contributed by atoms with Crippen LogP contribution in [0.3, 0.4) is 0 Å². The first-order valence-electron chi connectivity index (χ1n) is 6.75. The van der Waals surface area contributed by atoms with E-state index in [0.717, 1.165) is 31.6 Å². The minimum Gasteiger partial charge on any atom is -0.484 e. The van der Waals surface area contributed by atoms with E-state index in [1.807, 2.05) is 0 Å². The number of nitrogens with zero attached hydrogens (tertiary/aromatic N) is 1. The van der Waals surface area contributed by atoms with Crippen LogP contribution in [0.2, 0.25) is 0 Å². The monoisotopic (exact) mass is 302 g/mol. The molecule has 1 aromatic carbocycles. The molecule has 1 N–H and O–H groups in total. The second kappa shape index (κ2) is 6.80. The Hall–Kier alpha value is -1.76. The lowest BCUT2D eigenvalue weighted by atomic mass is 10.2. The third-order valence-corrected chi connectivity index (χ3v) is 3.24. The molecule has 0 unspecified atom stereocenters. The molecule has 0 aliphatic carbocycles. The van der Waals surface area contributed by atoms with Crippen LogP contribution in [0.1, 0.15) is 12.0 Å². The SMILES string of the molecule is O=C(COc1ccc(C(F)(F)F)cc1)N1CCCNCC1. The third kappa shape index (κ3) is 4.63. The number of carbonyl (C=O) groups excluding carboxylic acids is 1. The quantitative estimate of drug-likeness (QED) is 0.927. The van der Waals surface area contributed by atoms with Gasteiger partial charge in [-0.2, -0.15) is 13.2 Å². The fraction of sp³-hybridized carbons (Fsp3) is 0.500. The van der Waals surface area contributed by atoms with Crippen LogP contribution in [0.5, 0.6) is 5.75 Å². The van der Waals surface area contributed by atoms with Crippen molar-refractivity contribution in [3.8, 4) is 5.75 Å². The second-order valence-corrected chi connectivity index (χ2v) is 4.80. The van der Waals surface area contributed by atoms with E-state index in [1.54, 1.807) is 4.90 Å². The fourth-order valence-electron chi connectivity index (χ4n) is 2.07. The molecule has 1 aromatic rings. The molecule has 2 rings (SSSR count). The minimum absolute atomic E-state index is 0.154. The van der Waals surface area contributed by atoms with Gasteiger partial charge in [0.05, 0.1) is 5.56 Å². The first-order chi connectivity index (χ1) is 9.97. The van der Waals surface area contributed by atoms with Crippen molar-refractivity contribution in [2.45, 2.75) is 12.6 Å². The molecule has 7 heteroatoms. The van der Waals surface area contributed by atoms with Crippen molar-refractivity contribution >= 4 is 5.91 Å². The summed E-state index contributed by atoms with van der Waals surface area (Å²) in [6.07, 6.45) is -3.49. The molecule has 0 saturated carbocycles. The van der Waals surface area contributed by atoms with Gasteiger partial charge in [0.2, 0.25) is 0 Å². The summed E-state index contributed by atoms with van der Waals surface area (Å²) in [5, 5.41) is 3.18. The van der Waals surface area contributed by atoms with E-state index in [0.29, 0.717) is 13.1 Å². The van der Waals surface area contributed by atoms with Crippen molar-refractivity contribution in [1.29, 1.82) is 0 Å². The van der Waals surface area contributed by atoms with Crippen LogP contribution in [-0.2, 0) is 11.0 Å². The highest BCUT2D eigenvalue weighted by molar-refractivity contribution is 5.77. The smallest absolute Gasteiger partial charge is 0.416 e. The molecule has 21 heavy (non-hydrogen) atoms. The molecule has 1 fully saturated rings. The number of amides is 1. The van der Waals surface area contributed by atoms with Crippen molar-refractivity contribution in [3.05, 3.63) is 29.8 Å². The number of rotatable bonds is 3. The molecule has 0 bridgehead atoms. The van der Waals surface area contributed by atoms with Gasteiger partial charge in [-0.25, -0.2) is 0 Å². The highest BCUT2D eigenvalue weighted by Crippen LogP contribution is 2.30. The minimum atomic E-state index is -4.37. The van der Waals surface area contributed by atoms with Crippen molar-refractivity contribution in [2.75, 3.05) is 32.8 Å². The summed E-state index contributed by atoms with van der Waals surface area (Å²) in [5.41, 5.74) is -0.736. The molecule has 1 saturated heterocycles. The number of nitrogens with one attached hydrogen (secondary N) is 1. The van der Waals surface area contributed by atoms with E-state index in [2.05, 4.69) is 5.32 Å². The molecule has 1 amide bonds. The van der Waals surface area contributed by atoms with Gasteiger partial charge in [-0.3, -0.25) is 4.79 Å². The summed E-state index contributed by atoms with van der Waals surface area (Å²) in [7, 11) is 0. The van der Waals surface area contributed by atoms with Crippen molar-refractivity contribution < 1.29 is 22.7 Å². The van der Waals surface area contributed by atoms with Crippen LogP contribution in [0.15, 0.2) is 24.3 Å². The Bertz CT molecular complexity index is 466. The predicted molar refractivity (Wildman–Crippen MR) is 71.0 cm³/mol. The van der Waals surface area contributed by atoms with Crippen molar-refractivity contribution in [2.24, 2.45) is 0 Å². The standard InChI is InChI=1S/C14H17F3N2O2/c15-14(16,17)11-2-4-12(5-3-11)21-10-13(20)19-8-1-6-18-7-9-19/h2-5,18H,1,6-10H2. The Morgan fingerprint density at radius 1 is 1.19 bits per heavy atom. The Kier molecular flexibility index (Phi) is 5.06. The predicted octanol–water partition coefficient (Wildman–Crippen LogP) is 1.91. The van der Waals surface area contributed by atoms with E-state index >= 15 is 0 Å². The Balaban J connectivity index is 1.86. The highest BCUT2D eigenvalue weighted by Gasteiger charge is 2.30. The third-order valence-electron chi connectivity index (χ3n) is 3.24. The van der Waals surface area contributed by atoms with Crippen molar-refractivity contribution in [3.63, 3.8) is 0 Å². The molecule has 4 nitrogen and oxygen atoms in total. The Morgan fingerprint density at radius 2 is 1.90 bits per heavy atom. The van der Waals surface area contributed by atoms with E-state index in [4.69, 9.17) is 4.74 Å². The number of hydrogen-bond acceptors (Lipinski definition) is 3. The fourth-order valence-corrected chi connectivity index (χ4v) is 2.07. The molecule has 1 aliphatic rings. The van der Waals surface area contributed by atoms with E-state index in [-0.39, 0.29) is 18.3 Å². The van der Waals surface area contributed by atoms with Gasteiger partial charge < -0.3 is 15.0 Å². The van der Waals surface area contributed by atoms with Gasteiger partial charge in [0.15, 0.2) is 6.61 Å². The number of carbonyl (C=O) groups is 1. The van der Waals surface area contributed by atoms with Crippen LogP contribution in [0, 0.1) is 0 Å². The zero-order valence-corrected chi connectivity index (χ0v) is 11.4. The molecule has 0 aromatic heterocycles. The largest absolute Gasteiger partial charge is 0.484 e. The maximum absolute atomic E-state index is 12.4. The van der Waals surface area contributed by atoms with Gasteiger partial charge in [0, 0.05) is 19.6 Å². The highest BCUT2D eigenvalue weighted by atomic mass is 19.4. The summed E-state index contributed by atoms with van der Waals surface area (Å²) >= 11 is 0. The summed E-state index contributed by atoms with van der Waals surface area (Å²) in [5.74, 6) is 0.0999. The zero-order chi connectivity index (χ0) is 15.3. The molecule has 1 heterocycles. The van der Waals surface area contributed by atoms with Crippen LogP contribution in [0.4, 0.5) is 13.2 Å². The van der Waals surface area contributed by atoms with Gasteiger partial charge in [0.25, 0.3) is 5.91 Å². The van der Waals surface area contributed by atoms with Gasteiger partial charge in [-0.1, -0.05) is 0 Å². The first-order valence-corrected chi connectivity index (χ1v) is 6.75. The number of ether oxygens (including phenoxy) is 1. The van der Waals surface area contributed by atoms with E-state index in [9.17, 15) is 18.0 Å². The molecule has 0 atom stereocenters. The van der Waals surface area contributed by atoms with E-state index < -0.39 is 11.7 Å². The van der Waals surface area contributed by atoms with Gasteiger partial charge in [-0.05, 0) is 37.2 Å². The lowest BCUT2D eigenvalue weighted by Gasteiger charge is -2.20. The molecule has 0 radical (unpaired) electrons. The van der Waals surface area contributed by atoms with E-state index in [1.165, 1.54) is 12.1 Å². The lowest BCUT2D eigenvalue weighted by Crippen LogP contribution is -2.37. The maximum Gasteiger partial charge on any atom is 0.416 e. The van der Waals surface area contributed by atoms with Crippen LogP contribution >= 0.6 is 0 Å². The molecular weight excluding hydrogens is 285 g/mol. The van der Waals surface area contributed by atoms with Gasteiger partial charge >= 0.3 is 6.18 Å². The molecule has 1 aliphatic heterocycles. The van der Waals surface area contributed by atoms with Crippen LogP contribution in [-0.4, -0.2) is 43.6 Å². The van der Waals surface area contributed by atoms with Crippen LogP contribution < -0.4 is 10.1 Å². The Labute approximate surface area is 120 Å². The summed E-state index contributed by atoms with van der Waals surface area (Å²) < 4.78 is 42.5. The molecular formula is C14H17F3N2O2. The molecule has 116 valence electrons. The average molecular weight is 302 g/mol. The topological polar surface area (TPSA) is 41.6 Å². The number of benzene rings is 1. The van der Waals surface area contributed by atoms with Crippen molar-refractivity contribution in [1.82, 2.24) is 10.2 Å². The second-order valence-electron chi connectivity index (χ2n) is 4.80. The summed E-state index contributed by atoms with van der Waals surface area (Å²) in [6.45, 7) is 2.75. The Morgan fingerprint density at radius 3 is 2.57 bits per heavy atom. The normalized spacial score (nSPS) is 16.4. The summed E-state index contributed by atoms with van der Waals surface area (Å²) in [4.78, 5) is 13.6. The van der Waals surface area contributed by atoms with Gasteiger partial charge in [-0.15, -0.1) is 0 Å². The van der Waals surface area contributed by atoms with Crippen LogP contribution in [0.25, 0.3) is 0 Å².